The van der Waals surface area contributed by atoms with Gasteiger partial charge in [0.25, 0.3) is 0 Å². The zero-order valence-electron chi connectivity index (χ0n) is 14.5. The van der Waals surface area contributed by atoms with Crippen molar-refractivity contribution in [2.75, 3.05) is 19.6 Å². The van der Waals surface area contributed by atoms with Crippen molar-refractivity contribution < 1.29 is 0 Å². The number of hydrogen-bond donors (Lipinski definition) is 0. The van der Waals surface area contributed by atoms with Gasteiger partial charge in [0.1, 0.15) is 0 Å². The standard InChI is InChI=1S/C20H28ClN3/c21-20-22-18-9-5-6-10-19(18)24(20)17-11-13-23(14-12-17)15-16-7-3-1-2-4-8-16/h5-6,9-10,16-17H,1-4,7-8,11-15H2. The molecule has 0 amide bonds. The van der Waals surface area contributed by atoms with Crippen LogP contribution in [0.3, 0.4) is 0 Å². The largest absolute Gasteiger partial charge is 0.311 e. The van der Waals surface area contributed by atoms with E-state index >= 15 is 0 Å². The van der Waals surface area contributed by atoms with Gasteiger partial charge in [-0.15, -0.1) is 0 Å². The lowest BCUT2D eigenvalue weighted by Gasteiger charge is -2.35. The summed E-state index contributed by atoms with van der Waals surface area (Å²) < 4.78 is 2.26. The van der Waals surface area contributed by atoms with E-state index in [1.807, 2.05) is 6.07 Å². The molecule has 4 heteroatoms. The van der Waals surface area contributed by atoms with Gasteiger partial charge >= 0.3 is 0 Å². The van der Waals surface area contributed by atoms with E-state index < -0.39 is 0 Å². The van der Waals surface area contributed by atoms with Gasteiger partial charge in [0.05, 0.1) is 11.0 Å². The molecule has 24 heavy (non-hydrogen) atoms. The number of likely N-dealkylation sites (tertiary alicyclic amines) is 1. The molecule has 1 saturated heterocycles. The number of piperidine rings is 1. The van der Waals surface area contributed by atoms with Crippen LogP contribution in [-0.4, -0.2) is 34.1 Å². The highest BCUT2D eigenvalue weighted by Gasteiger charge is 2.25. The van der Waals surface area contributed by atoms with Crippen molar-refractivity contribution in [1.29, 1.82) is 0 Å². The summed E-state index contributed by atoms with van der Waals surface area (Å²) in [6, 6.07) is 8.81. The molecule has 0 bridgehead atoms. The Morgan fingerprint density at radius 1 is 0.958 bits per heavy atom. The summed E-state index contributed by atoms with van der Waals surface area (Å²) in [5, 5.41) is 0.651. The molecule has 130 valence electrons. The fourth-order valence-electron chi connectivity index (χ4n) is 4.63. The SMILES string of the molecule is Clc1nc2ccccc2n1C1CCN(CC2CCCCCC2)CC1. The number of fused-ring (bicyclic) bond motifs is 1. The zero-order chi connectivity index (χ0) is 16.4. The van der Waals surface area contributed by atoms with Crippen LogP contribution in [0.4, 0.5) is 0 Å². The van der Waals surface area contributed by atoms with Crippen LogP contribution in [0.2, 0.25) is 5.28 Å². The van der Waals surface area contributed by atoms with Crippen molar-refractivity contribution in [2.24, 2.45) is 5.92 Å². The van der Waals surface area contributed by atoms with Crippen LogP contribution in [0.5, 0.6) is 0 Å². The molecule has 2 aromatic rings. The number of nitrogens with zero attached hydrogens (tertiary/aromatic N) is 3. The average Bonchev–Trinajstić information content (AvgIpc) is 2.76. The molecule has 2 fully saturated rings. The lowest BCUT2D eigenvalue weighted by Crippen LogP contribution is -2.37. The minimum atomic E-state index is 0.496. The van der Waals surface area contributed by atoms with Crippen LogP contribution in [0, 0.1) is 5.92 Å². The summed E-state index contributed by atoms with van der Waals surface area (Å²) in [6.45, 7) is 3.71. The summed E-state index contributed by atoms with van der Waals surface area (Å²) in [5.74, 6) is 0.932. The third kappa shape index (κ3) is 3.48. The second-order valence-electron chi connectivity index (χ2n) is 7.63. The number of para-hydroxylation sites is 2. The van der Waals surface area contributed by atoms with Crippen LogP contribution in [0.1, 0.15) is 57.4 Å². The first-order chi connectivity index (χ1) is 11.8. The third-order valence-electron chi connectivity index (χ3n) is 5.97. The van der Waals surface area contributed by atoms with Crippen molar-refractivity contribution >= 4 is 22.6 Å². The molecular formula is C20H28ClN3. The molecule has 2 heterocycles. The van der Waals surface area contributed by atoms with Crippen molar-refractivity contribution in [2.45, 2.75) is 57.4 Å². The Morgan fingerprint density at radius 2 is 1.67 bits per heavy atom. The molecule has 0 N–H and O–H groups in total. The van der Waals surface area contributed by atoms with Crippen LogP contribution in [-0.2, 0) is 0 Å². The molecular weight excluding hydrogens is 318 g/mol. The molecule has 3 nitrogen and oxygen atoms in total. The van der Waals surface area contributed by atoms with E-state index in [0.717, 1.165) is 11.4 Å². The van der Waals surface area contributed by atoms with Gasteiger partial charge in [0.2, 0.25) is 5.28 Å². The molecule has 0 unspecified atom stereocenters. The lowest BCUT2D eigenvalue weighted by molar-refractivity contribution is 0.158. The van der Waals surface area contributed by atoms with Crippen molar-refractivity contribution in [3.8, 4) is 0 Å². The normalized spacial score (nSPS) is 22.0. The summed E-state index contributed by atoms with van der Waals surface area (Å²) in [7, 11) is 0. The van der Waals surface area contributed by atoms with Gasteiger partial charge in [-0.05, 0) is 55.3 Å². The Hall–Kier alpha value is -1.06. The van der Waals surface area contributed by atoms with Gasteiger partial charge in [0, 0.05) is 25.7 Å². The number of aromatic nitrogens is 2. The molecule has 2 aliphatic rings. The van der Waals surface area contributed by atoms with Gasteiger partial charge in [-0.1, -0.05) is 37.8 Å². The smallest absolute Gasteiger partial charge is 0.204 e. The van der Waals surface area contributed by atoms with Gasteiger partial charge in [-0.3, -0.25) is 0 Å². The van der Waals surface area contributed by atoms with Crippen LogP contribution in [0.25, 0.3) is 11.0 Å². The maximum atomic E-state index is 6.45. The summed E-state index contributed by atoms with van der Waals surface area (Å²) >= 11 is 6.45. The highest BCUT2D eigenvalue weighted by molar-refractivity contribution is 6.29. The first kappa shape index (κ1) is 16.4. The molecule has 0 spiro atoms. The minimum Gasteiger partial charge on any atom is -0.311 e. The molecule has 1 saturated carbocycles. The molecule has 1 aromatic carbocycles. The number of benzene rings is 1. The van der Waals surface area contributed by atoms with Gasteiger partial charge in [-0.25, -0.2) is 4.98 Å². The van der Waals surface area contributed by atoms with Gasteiger partial charge in [0.15, 0.2) is 0 Å². The Bertz CT molecular complexity index is 665. The molecule has 4 rings (SSSR count). The topological polar surface area (TPSA) is 21.1 Å². The fourth-order valence-corrected chi connectivity index (χ4v) is 4.95. The van der Waals surface area contributed by atoms with E-state index in [9.17, 15) is 0 Å². The highest BCUT2D eigenvalue weighted by atomic mass is 35.5. The number of imidazole rings is 1. The van der Waals surface area contributed by atoms with E-state index in [-0.39, 0.29) is 0 Å². The Labute approximate surface area is 150 Å². The first-order valence-electron chi connectivity index (χ1n) is 9.66. The second kappa shape index (κ2) is 7.45. The molecule has 1 aromatic heterocycles. The van der Waals surface area contributed by atoms with Crippen molar-refractivity contribution in [3.05, 3.63) is 29.5 Å². The molecule has 1 aliphatic heterocycles. The highest BCUT2D eigenvalue weighted by Crippen LogP contribution is 2.32. The average molecular weight is 346 g/mol. The predicted molar refractivity (Wildman–Crippen MR) is 101 cm³/mol. The Kier molecular flexibility index (Phi) is 5.09. The lowest BCUT2D eigenvalue weighted by atomic mass is 9.97. The number of halogens is 1. The third-order valence-corrected chi connectivity index (χ3v) is 6.23. The van der Waals surface area contributed by atoms with E-state index in [2.05, 4.69) is 32.7 Å². The maximum absolute atomic E-state index is 6.45. The number of hydrogen-bond acceptors (Lipinski definition) is 2. The zero-order valence-corrected chi connectivity index (χ0v) is 15.2. The minimum absolute atomic E-state index is 0.496. The van der Waals surface area contributed by atoms with E-state index in [1.165, 1.54) is 76.5 Å². The van der Waals surface area contributed by atoms with Crippen LogP contribution < -0.4 is 0 Å². The Morgan fingerprint density at radius 3 is 2.42 bits per heavy atom. The van der Waals surface area contributed by atoms with Gasteiger partial charge < -0.3 is 9.47 Å². The van der Waals surface area contributed by atoms with E-state index in [1.54, 1.807) is 0 Å². The predicted octanol–water partition coefficient (Wildman–Crippen LogP) is 5.30. The molecule has 0 atom stereocenters. The number of rotatable bonds is 3. The van der Waals surface area contributed by atoms with Crippen LogP contribution >= 0.6 is 11.6 Å². The summed E-state index contributed by atoms with van der Waals surface area (Å²) in [4.78, 5) is 7.22. The quantitative estimate of drug-likeness (QED) is 0.704. The Balaban J connectivity index is 1.39. The first-order valence-corrected chi connectivity index (χ1v) is 10.0. The summed E-state index contributed by atoms with van der Waals surface area (Å²) in [5.41, 5.74) is 2.20. The van der Waals surface area contributed by atoms with Crippen molar-refractivity contribution in [3.63, 3.8) is 0 Å². The monoisotopic (exact) mass is 345 g/mol. The van der Waals surface area contributed by atoms with Crippen LogP contribution in [0.15, 0.2) is 24.3 Å². The fraction of sp³-hybridized carbons (Fsp3) is 0.650. The summed E-state index contributed by atoms with van der Waals surface area (Å²) in [6.07, 6.45) is 11.0. The van der Waals surface area contributed by atoms with E-state index in [4.69, 9.17) is 11.6 Å². The molecule has 1 aliphatic carbocycles. The molecule has 0 radical (unpaired) electrons. The van der Waals surface area contributed by atoms with Gasteiger partial charge in [-0.2, -0.15) is 0 Å². The van der Waals surface area contributed by atoms with E-state index in [0.29, 0.717) is 11.3 Å². The maximum Gasteiger partial charge on any atom is 0.204 e. The second-order valence-corrected chi connectivity index (χ2v) is 7.97. The van der Waals surface area contributed by atoms with Crippen molar-refractivity contribution in [1.82, 2.24) is 14.5 Å².